The second-order valence-electron chi connectivity index (χ2n) is 1.30. The minimum absolute atomic E-state index is 0. The van der Waals surface area contributed by atoms with Crippen molar-refractivity contribution in [2.24, 2.45) is 0 Å². The second kappa shape index (κ2) is 8.00. The van der Waals surface area contributed by atoms with E-state index in [0.29, 0.717) is 0 Å². The van der Waals surface area contributed by atoms with Gasteiger partial charge in [0.1, 0.15) is 0 Å². The second-order valence-corrected chi connectivity index (χ2v) is 2.75. The molecule has 0 atom stereocenters. The molecule has 0 aromatic heterocycles. The molecule has 0 fully saturated rings. The third-order valence-electron chi connectivity index (χ3n) is 0.528. The quantitative estimate of drug-likeness (QED) is 0.273. The zero-order valence-corrected chi connectivity index (χ0v) is 11.5. The topological polar surface area (TPSA) is 80.7 Å². The molecule has 1 N–H and O–H groups in total. The third kappa shape index (κ3) is 14.3. The van der Waals surface area contributed by atoms with Gasteiger partial charge in [0.05, 0.1) is 7.11 Å². The van der Waals surface area contributed by atoms with Crippen molar-refractivity contribution in [1.82, 2.24) is 0 Å². The predicted octanol–water partition coefficient (Wildman–Crippen LogP) is -6.72. The molecule has 0 aliphatic heterocycles. The first-order valence-electron chi connectivity index (χ1n) is 1.97. The molecule has 0 unspecified atom stereocenters. The largest absolute Gasteiger partial charge is 1.00 e. The summed E-state index contributed by atoms with van der Waals surface area (Å²) in [5, 5.41) is 0. The molecule has 8 heteroatoms. The molecule has 0 saturated carbocycles. The minimum atomic E-state index is -4.21. The Kier molecular flexibility index (Phi) is 13.3. The average molecular weight is 202 g/mol. The number of hydrogen-bond donors (Lipinski definition) is 1. The van der Waals surface area contributed by atoms with Gasteiger partial charge in [-0.15, -0.1) is 0 Å². The third-order valence-corrected chi connectivity index (χ3v) is 1.13. The first-order chi connectivity index (χ1) is 3.95. The normalized spacial score (nSPS) is 8.91. The molecule has 0 aliphatic rings. The van der Waals surface area contributed by atoms with Gasteiger partial charge in [0.25, 0.3) is 10.1 Å². The molecule has 5 nitrogen and oxygen atoms in total. The van der Waals surface area contributed by atoms with Crippen LogP contribution in [0, 0.1) is 0 Å². The van der Waals surface area contributed by atoms with Gasteiger partial charge in [-0.05, 0) is 0 Å². The molecule has 0 aromatic rings. The summed E-state index contributed by atoms with van der Waals surface area (Å²) in [6.45, 7) is 0. The molecule has 0 amide bonds. The Morgan fingerprint density at radius 1 is 1.55 bits per heavy atom. The summed E-state index contributed by atoms with van der Waals surface area (Å²) in [5.74, 6) is -1.96. The Hall–Kier alpha value is 1.38. The van der Waals surface area contributed by atoms with Gasteiger partial charge in [-0.1, -0.05) is 0 Å². The Morgan fingerprint density at radius 3 is 2.00 bits per heavy atom. The summed E-state index contributed by atoms with van der Waals surface area (Å²) >= 11 is 0. The van der Waals surface area contributed by atoms with Crippen molar-refractivity contribution in [2.75, 3.05) is 12.9 Å². The maximum Gasteiger partial charge on any atom is 1.00 e. The van der Waals surface area contributed by atoms with Gasteiger partial charge in [0.2, 0.25) is 0 Å². The zero-order valence-electron chi connectivity index (χ0n) is 8.70. The van der Waals surface area contributed by atoms with Crippen molar-refractivity contribution in [3.8, 4) is 0 Å². The average Bonchev–Trinajstić information content (AvgIpc) is 1.62. The fraction of sp³-hybridized carbons (Fsp3) is 0.667. The summed E-state index contributed by atoms with van der Waals surface area (Å²) < 4.78 is 31.6. The van der Waals surface area contributed by atoms with Crippen LogP contribution in [0.3, 0.4) is 0 Å². The van der Waals surface area contributed by atoms with Gasteiger partial charge in [0, 0.05) is 0 Å². The number of esters is 1. The van der Waals surface area contributed by atoms with E-state index < -0.39 is 21.8 Å². The van der Waals surface area contributed by atoms with Crippen molar-refractivity contribution >= 4 is 16.1 Å². The van der Waals surface area contributed by atoms with Crippen molar-refractivity contribution < 1.29 is 84.5 Å². The molecular formula is C3H8Na2O5S. The van der Waals surface area contributed by atoms with Crippen molar-refractivity contribution in [2.45, 2.75) is 0 Å². The van der Waals surface area contributed by atoms with Crippen LogP contribution < -0.4 is 59.1 Å². The number of carbonyl (C=O) groups is 1. The Balaban J connectivity index is -0.0000000533. The minimum Gasteiger partial charge on any atom is -1.00 e. The smallest absolute Gasteiger partial charge is 1.00 e. The monoisotopic (exact) mass is 202 g/mol. The summed E-state index contributed by atoms with van der Waals surface area (Å²) in [5.41, 5.74) is 0. The van der Waals surface area contributed by atoms with E-state index in [4.69, 9.17) is 4.55 Å². The van der Waals surface area contributed by atoms with Crippen LogP contribution in [0.4, 0.5) is 0 Å². The Morgan fingerprint density at radius 2 is 1.91 bits per heavy atom. The number of carbonyl (C=O) groups excluding carboxylic acids is 1. The van der Waals surface area contributed by atoms with Crippen LogP contribution in [-0.2, 0) is 19.6 Å². The van der Waals surface area contributed by atoms with E-state index in [1.807, 2.05) is 0 Å². The van der Waals surface area contributed by atoms with Gasteiger partial charge in [-0.2, -0.15) is 8.42 Å². The first-order valence-corrected chi connectivity index (χ1v) is 3.58. The van der Waals surface area contributed by atoms with E-state index in [0.717, 1.165) is 7.11 Å². The standard InChI is InChI=1S/C3H6O5S.2Na.2H/c1-8-3(4)2-9(5,6)7;;;;/h2H2,1H3,(H,5,6,7);;;;/q;2*+1;2*-1. The van der Waals surface area contributed by atoms with Crippen LogP contribution in [-0.4, -0.2) is 31.8 Å². The van der Waals surface area contributed by atoms with E-state index in [2.05, 4.69) is 4.74 Å². The molecule has 0 aliphatic carbocycles. The first kappa shape index (κ1) is 18.2. The van der Waals surface area contributed by atoms with Crippen LogP contribution in [0.5, 0.6) is 0 Å². The summed E-state index contributed by atoms with van der Waals surface area (Å²) in [7, 11) is -3.17. The molecule has 0 radical (unpaired) electrons. The Labute approximate surface area is 112 Å². The molecule has 0 aromatic carbocycles. The summed E-state index contributed by atoms with van der Waals surface area (Å²) in [4.78, 5) is 10.1. The molecule has 11 heavy (non-hydrogen) atoms. The zero-order chi connectivity index (χ0) is 7.49. The summed E-state index contributed by atoms with van der Waals surface area (Å²) in [6.07, 6.45) is 0. The van der Waals surface area contributed by atoms with E-state index in [1.54, 1.807) is 0 Å². The number of ether oxygens (including phenoxy) is 1. The van der Waals surface area contributed by atoms with Gasteiger partial charge >= 0.3 is 65.1 Å². The van der Waals surface area contributed by atoms with Gasteiger partial charge in [-0.25, -0.2) is 0 Å². The van der Waals surface area contributed by atoms with Gasteiger partial charge in [0.15, 0.2) is 5.75 Å². The van der Waals surface area contributed by atoms with Gasteiger partial charge in [-0.3, -0.25) is 9.35 Å². The van der Waals surface area contributed by atoms with E-state index in [1.165, 1.54) is 0 Å². The SMILES string of the molecule is COC(=O)CS(=O)(=O)O.[H-].[H-].[Na+].[Na+]. The van der Waals surface area contributed by atoms with Crippen LogP contribution in [0.25, 0.3) is 0 Å². The van der Waals surface area contributed by atoms with Crippen molar-refractivity contribution in [3.05, 3.63) is 0 Å². The maximum absolute atomic E-state index is 10.1. The molecule has 0 bridgehead atoms. The van der Waals surface area contributed by atoms with Crippen molar-refractivity contribution in [3.63, 3.8) is 0 Å². The fourth-order valence-corrected chi connectivity index (χ4v) is 0.624. The number of methoxy groups -OCH3 is 1. The fourth-order valence-electron chi connectivity index (χ4n) is 0.208. The molecule has 0 rings (SSSR count). The number of rotatable bonds is 2. The summed E-state index contributed by atoms with van der Waals surface area (Å²) in [6, 6.07) is 0. The van der Waals surface area contributed by atoms with Gasteiger partial charge < -0.3 is 7.59 Å². The Bertz CT molecular complexity index is 206. The molecular weight excluding hydrogens is 194 g/mol. The van der Waals surface area contributed by atoms with Crippen LogP contribution in [0.15, 0.2) is 0 Å². The van der Waals surface area contributed by atoms with Crippen LogP contribution >= 0.6 is 0 Å². The van der Waals surface area contributed by atoms with Crippen molar-refractivity contribution in [1.29, 1.82) is 0 Å². The molecule has 0 spiro atoms. The van der Waals surface area contributed by atoms with Crippen LogP contribution in [0.2, 0.25) is 0 Å². The van der Waals surface area contributed by atoms with Crippen LogP contribution in [0.1, 0.15) is 2.85 Å². The number of hydrogen-bond acceptors (Lipinski definition) is 4. The molecule has 0 saturated heterocycles. The van der Waals surface area contributed by atoms with E-state index in [-0.39, 0.29) is 62.0 Å². The van der Waals surface area contributed by atoms with E-state index in [9.17, 15) is 13.2 Å². The van der Waals surface area contributed by atoms with E-state index >= 15 is 0 Å². The maximum atomic E-state index is 10.1. The molecule has 0 heterocycles. The molecule has 58 valence electrons. The predicted molar refractivity (Wildman–Crippen MR) is 30.7 cm³/mol.